The van der Waals surface area contributed by atoms with Gasteiger partial charge in [0.25, 0.3) is 0 Å². The number of rotatable bonds is 4. The van der Waals surface area contributed by atoms with E-state index in [4.69, 9.17) is 4.74 Å². The van der Waals surface area contributed by atoms with Crippen LogP contribution >= 0.6 is 0 Å². The standard InChI is InChI=1S/C13H24N2O2/c1-13(7-2-3-8-15-13)12(16)14-9-6-11-5-4-10-17-11/h11,15H,2-10H2,1H3,(H,14,16). The van der Waals surface area contributed by atoms with E-state index in [-0.39, 0.29) is 11.4 Å². The van der Waals surface area contributed by atoms with E-state index in [9.17, 15) is 4.79 Å². The minimum Gasteiger partial charge on any atom is -0.378 e. The van der Waals surface area contributed by atoms with Crippen LogP contribution in [0.2, 0.25) is 0 Å². The zero-order valence-electron chi connectivity index (χ0n) is 10.8. The van der Waals surface area contributed by atoms with E-state index < -0.39 is 0 Å². The van der Waals surface area contributed by atoms with Crippen molar-refractivity contribution in [2.24, 2.45) is 0 Å². The summed E-state index contributed by atoms with van der Waals surface area (Å²) in [6.45, 7) is 4.59. The molecule has 0 aromatic heterocycles. The Kier molecular flexibility index (Phi) is 4.40. The van der Waals surface area contributed by atoms with Gasteiger partial charge < -0.3 is 15.4 Å². The van der Waals surface area contributed by atoms with Gasteiger partial charge in [-0.15, -0.1) is 0 Å². The highest BCUT2D eigenvalue weighted by Gasteiger charge is 2.33. The minimum atomic E-state index is -0.352. The molecule has 2 unspecified atom stereocenters. The first kappa shape index (κ1) is 12.8. The monoisotopic (exact) mass is 240 g/mol. The van der Waals surface area contributed by atoms with Crippen molar-refractivity contribution in [1.82, 2.24) is 10.6 Å². The summed E-state index contributed by atoms with van der Waals surface area (Å²) in [6, 6.07) is 0. The molecule has 2 atom stereocenters. The summed E-state index contributed by atoms with van der Waals surface area (Å²) < 4.78 is 5.54. The van der Waals surface area contributed by atoms with Crippen molar-refractivity contribution in [2.45, 2.75) is 57.1 Å². The van der Waals surface area contributed by atoms with Gasteiger partial charge in [0.2, 0.25) is 5.91 Å². The normalized spacial score (nSPS) is 33.6. The predicted octanol–water partition coefficient (Wildman–Crippen LogP) is 1.20. The Balaban J connectivity index is 1.68. The third-order valence-corrected chi connectivity index (χ3v) is 3.90. The maximum Gasteiger partial charge on any atom is 0.240 e. The van der Waals surface area contributed by atoms with Gasteiger partial charge in [-0.1, -0.05) is 0 Å². The number of ether oxygens (including phenoxy) is 1. The summed E-state index contributed by atoms with van der Waals surface area (Å²) in [7, 11) is 0. The van der Waals surface area contributed by atoms with Crippen molar-refractivity contribution in [3.63, 3.8) is 0 Å². The van der Waals surface area contributed by atoms with Crippen molar-refractivity contribution in [3.05, 3.63) is 0 Å². The average molecular weight is 240 g/mol. The molecule has 2 rings (SSSR count). The fourth-order valence-corrected chi connectivity index (χ4v) is 2.66. The number of carbonyl (C=O) groups is 1. The van der Waals surface area contributed by atoms with E-state index in [0.717, 1.165) is 51.8 Å². The molecule has 0 aliphatic carbocycles. The zero-order valence-corrected chi connectivity index (χ0v) is 10.8. The fourth-order valence-electron chi connectivity index (χ4n) is 2.66. The second-order valence-corrected chi connectivity index (χ2v) is 5.40. The highest BCUT2D eigenvalue weighted by molar-refractivity contribution is 5.85. The summed E-state index contributed by atoms with van der Waals surface area (Å²) >= 11 is 0. The second kappa shape index (κ2) is 5.83. The topological polar surface area (TPSA) is 50.4 Å². The van der Waals surface area contributed by atoms with Crippen molar-refractivity contribution in [1.29, 1.82) is 0 Å². The Hall–Kier alpha value is -0.610. The Morgan fingerprint density at radius 3 is 3.00 bits per heavy atom. The van der Waals surface area contributed by atoms with Crippen molar-refractivity contribution in [3.8, 4) is 0 Å². The van der Waals surface area contributed by atoms with E-state index in [1.807, 2.05) is 6.92 Å². The minimum absolute atomic E-state index is 0.148. The number of piperidine rings is 1. The lowest BCUT2D eigenvalue weighted by Gasteiger charge is -2.33. The van der Waals surface area contributed by atoms with E-state index in [0.29, 0.717) is 6.10 Å². The molecule has 0 aromatic rings. The van der Waals surface area contributed by atoms with Crippen LogP contribution in [0.5, 0.6) is 0 Å². The van der Waals surface area contributed by atoms with Gasteiger partial charge in [-0.2, -0.15) is 0 Å². The third kappa shape index (κ3) is 3.42. The lowest BCUT2D eigenvalue weighted by Crippen LogP contribution is -2.57. The molecule has 2 aliphatic rings. The maximum absolute atomic E-state index is 12.1. The highest BCUT2D eigenvalue weighted by Crippen LogP contribution is 2.19. The molecule has 1 amide bonds. The maximum atomic E-state index is 12.1. The first-order valence-electron chi connectivity index (χ1n) is 6.86. The average Bonchev–Trinajstić information content (AvgIpc) is 2.83. The first-order chi connectivity index (χ1) is 8.21. The Morgan fingerprint density at radius 2 is 2.35 bits per heavy atom. The van der Waals surface area contributed by atoms with Crippen LogP contribution < -0.4 is 10.6 Å². The van der Waals surface area contributed by atoms with Crippen LogP contribution in [0.3, 0.4) is 0 Å². The quantitative estimate of drug-likeness (QED) is 0.776. The largest absolute Gasteiger partial charge is 0.378 e. The first-order valence-corrected chi connectivity index (χ1v) is 6.86. The van der Waals surface area contributed by atoms with E-state index in [2.05, 4.69) is 10.6 Å². The smallest absolute Gasteiger partial charge is 0.240 e. The van der Waals surface area contributed by atoms with Crippen LogP contribution in [0.15, 0.2) is 0 Å². The summed E-state index contributed by atoms with van der Waals surface area (Å²) in [5.74, 6) is 0.148. The van der Waals surface area contributed by atoms with Crippen molar-refractivity contribution in [2.75, 3.05) is 19.7 Å². The van der Waals surface area contributed by atoms with Gasteiger partial charge in [0.05, 0.1) is 11.6 Å². The summed E-state index contributed by atoms with van der Waals surface area (Å²) in [6.07, 6.45) is 6.88. The molecule has 17 heavy (non-hydrogen) atoms. The summed E-state index contributed by atoms with van der Waals surface area (Å²) in [4.78, 5) is 12.1. The number of nitrogens with one attached hydrogen (secondary N) is 2. The Bertz CT molecular complexity index is 256. The van der Waals surface area contributed by atoms with E-state index in [1.165, 1.54) is 6.42 Å². The van der Waals surface area contributed by atoms with Crippen LogP contribution in [-0.2, 0) is 9.53 Å². The van der Waals surface area contributed by atoms with Gasteiger partial charge in [0.1, 0.15) is 0 Å². The number of carbonyl (C=O) groups excluding carboxylic acids is 1. The second-order valence-electron chi connectivity index (χ2n) is 5.40. The molecule has 2 heterocycles. The molecule has 2 aliphatic heterocycles. The summed E-state index contributed by atoms with van der Waals surface area (Å²) in [5.41, 5.74) is -0.352. The molecule has 0 saturated carbocycles. The van der Waals surface area contributed by atoms with Gasteiger partial charge in [-0.25, -0.2) is 0 Å². The van der Waals surface area contributed by atoms with Crippen molar-refractivity contribution < 1.29 is 9.53 Å². The molecule has 2 N–H and O–H groups in total. The van der Waals surface area contributed by atoms with E-state index in [1.54, 1.807) is 0 Å². The lowest BCUT2D eigenvalue weighted by atomic mass is 9.90. The van der Waals surface area contributed by atoms with Crippen LogP contribution in [0.4, 0.5) is 0 Å². The summed E-state index contributed by atoms with van der Waals surface area (Å²) in [5, 5.41) is 6.37. The molecular weight excluding hydrogens is 216 g/mol. The van der Waals surface area contributed by atoms with Gasteiger partial charge >= 0.3 is 0 Å². The highest BCUT2D eigenvalue weighted by atomic mass is 16.5. The number of hydrogen-bond acceptors (Lipinski definition) is 3. The van der Waals surface area contributed by atoms with Crippen LogP contribution in [0.25, 0.3) is 0 Å². The molecule has 4 heteroatoms. The SMILES string of the molecule is CC1(C(=O)NCCC2CCCO2)CCCCN1. The van der Waals surface area contributed by atoms with Crippen LogP contribution in [0.1, 0.15) is 45.4 Å². The molecule has 2 saturated heterocycles. The number of amides is 1. The third-order valence-electron chi connectivity index (χ3n) is 3.90. The molecule has 0 spiro atoms. The van der Waals surface area contributed by atoms with Gasteiger partial charge in [-0.3, -0.25) is 4.79 Å². The molecule has 98 valence electrons. The lowest BCUT2D eigenvalue weighted by molar-refractivity contribution is -0.128. The number of hydrogen-bond donors (Lipinski definition) is 2. The van der Waals surface area contributed by atoms with Crippen molar-refractivity contribution >= 4 is 5.91 Å². The molecule has 2 fully saturated rings. The van der Waals surface area contributed by atoms with Gasteiger partial charge in [0.15, 0.2) is 0 Å². The zero-order chi connectivity index (χ0) is 12.1. The molecule has 0 bridgehead atoms. The molecular formula is C13H24N2O2. The molecule has 0 aromatic carbocycles. The fraction of sp³-hybridized carbons (Fsp3) is 0.923. The van der Waals surface area contributed by atoms with Gasteiger partial charge in [0, 0.05) is 13.2 Å². The van der Waals surface area contributed by atoms with Gasteiger partial charge in [-0.05, 0) is 52.0 Å². The van der Waals surface area contributed by atoms with Crippen LogP contribution in [-0.4, -0.2) is 37.2 Å². The predicted molar refractivity (Wildman–Crippen MR) is 66.9 cm³/mol. The van der Waals surface area contributed by atoms with Crippen LogP contribution in [0, 0.1) is 0 Å². The molecule has 0 radical (unpaired) electrons. The Morgan fingerprint density at radius 1 is 1.47 bits per heavy atom. The molecule has 4 nitrogen and oxygen atoms in total. The Labute approximate surface area is 103 Å². The van der Waals surface area contributed by atoms with E-state index >= 15 is 0 Å².